The van der Waals surface area contributed by atoms with E-state index in [0.29, 0.717) is 34.4 Å². The number of amides is 1. The van der Waals surface area contributed by atoms with Crippen LogP contribution in [0.4, 0.5) is 11.6 Å². The Hall–Kier alpha value is -9.56. The van der Waals surface area contributed by atoms with Gasteiger partial charge in [0.15, 0.2) is 74.7 Å². The molecule has 1 amide bonds. The third kappa shape index (κ3) is 10.5. The third-order valence-electron chi connectivity index (χ3n) is 16.3. The molecule has 33 heteroatoms. The van der Waals surface area contributed by atoms with E-state index in [0.717, 1.165) is 0 Å². The molecule has 4 saturated heterocycles. The fourth-order valence-electron chi connectivity index (χ4n) is 11.3. The van der Waals surface area contributed by atoms with E-state index in [4.69, 9.17) is 61.8 Å². The molecule has 6 aliphatic heterocycles. The molecule has 6 aliphatic rings. The lowest BCUT2D eigenvalue weighted by Gasteiger charge is -2.33. The molecule has 0 saturated carbocycles. The number of fused-ring (bicyclic) bond motifs is 4. The topological polar surface area (TPSA) is 485 Å². The number of carbonyl (C=O) groups is 1. The molecule has 2 unspecified atom stereocenters. The molecule has 89 heavy (non-hydrogen) atoms. The molecule has 4 fully saturated rings. The summed E-state index contributed by atoms with van der Waals surface area (Å²) >= 11 is 0. The van der Waals surface area contributed by atoms with Gasteiger partial charge >= 0.3 is 0 Å². The van der Waals surface area contributed by atoms with Gasteiger partial charge < -0.3 is 86.9 Å². The predicted molar refractivity (Wildman–Crippen MR) is 314 cm³/mol. The van der Waals surface area contributed by atoms with Gasteiger partial charge in [0, 0.05) is 5.92 Å². The molecule has 6 aromatic rings. The third-order valence-corrected chi connectivity index (χ3v) is 16.3. The van der Waals surface area contributed by atoms with Gasteiger partial charge in [0.1, 0.15) is 73.0 Å². The van der Waals surface area contributed by atoms with Crippen molar-refractivity contribution < 1.29 is 64.6 Å². The minimum Gasteiger partial charge on any atom is -0.392 e. The number of aliphatic hydroxyl groups is 8. The average Bonchev–Trinajstić information content (AvgIpc) is 1.72. The number of anilines is 2. The van der Waals surface area contributed by atoms with Crippen LogP contribution in [0.15, 0.2) is 90.7 Å². The number of carbonyl (C=O) groups excluding carboxylic acids is 1. The molecule has 18 atom stereocenters. The molecule has 12 heterocycles. The SMILES string of the molecule is C#C[C@]1(CO)O[C@@H](N2C=NC3C(=O)NC(N)=NC32)[C@@H](C=C)[C@@H]1O.C#C[C@]1(CO)O[C@@H](n2cnc3c(=O)[nH]cnc32)[C@@H](C=C)[C@@H]1O.C#C[C@]1(CO)O[C@@H](n2cnc3c(N)ncnc32)[C@@H](C=C)[C@@H]1O.C#C[C@]1(CO)O[C@@H](n2cnc3c(N)ncnc32)[C@@H](CC)[C@@H]1O. The van der Waals surface area contributed by atoms with Crippen LogP contribution < -0.4 is 28.1 Å². The van der Waals surface area contributed by atoms with Crippen molar-refractivity contribution in [1.29, 1.82) is 0 Å². The van der Waals surface area contributed by atoms with E-state index in [-0.39, 0.29) is 40.5 Å². The quantitative estimate of drug-likeness (QED) is 0.0407. The molecule has 0 radical (unpaired) electrons. The second-order valence-electron chi connectivity index (χ2n) is 20.9. The number of terminal acetylenes is 4. The first-order valence-corrected chi connectivity index (χ1v) is 27.1. The Morgan fingerprint density at radius 1 is 0.596 bits per heavy atom. The highest BCUT2D eigenvalue weighted by atomic mass is 16.6. The molecule has 0 aliphatic carbocycles. The first-order valence-electron chi connectivity index (χ1n) is 27.1. The van der Waals surface area contributed by atoms with Gasteiger partial charge in [-0.05, 0) is 6.42 Å². The van der Waals surface area contributed by atoms with Crippen LogP contribution >= 0.6 is 0 Å². The van der Waals surface area contributed by atoms with Crippen LogP contribution in [-0.2, 0) is 23.7 Å². The van der Waals surface area contributed by atoms with Gasteiger partial charge in [-0.3, -0.25) is 33.6 Å². The summed E-state index contributed by atoms with van der Waals surface area (Å²) in [5.74, 6) is 7.36. The largest absolute Gasteiger partial charge is 0.392 e. The van der Waals surface area contributed by atoms with Gasteiger partial charge in [-0.1, -0.05) is 48.8 Å². The Morgan fingerprint density at radius 3 is 1.44 bits per heavy atom. The van der Waals surface area contributed by atoms with E-state index >= 15 is 0 Å². The fraction of sp³-hybridized carbons (Fsp3) is 0.429. The Labute approximate surface area is 505 Å². The van der Waals surface area contributed by atoms with Crippen LogP contribution in [0.2, 0.25) is 0 Å². The Balaban J connectivity index is 0.000000141. The first-order chi connectivity index (χ1) is 42.7. The molecule has 12 rings (SSSR count). The number of hydrogen-bond acceptors (Lipinski definition) is 28. The number of imidazole rings is 3. The van der Waals surface area contributed by atoms with Crippen molar-refractivity contribution >= 4 is 63.3 Å². The highest BCUT2D eigenvalue weighted by Gasteiger charge is 2.59. The van der Waals surface area contributed by atoms with Crippen LogP contribution in [0.25, 0.3) is 33.5 Å². The number of nitrogens with zero attached hydrogens (tertiary/aromatic N) is 14. The number of hydrogen-bond donors (Lipinski definition) is 13. The van der Waals surface area contributed by atoms with E-state index in [9.17, 15) is 50.4 Å². The number of nitrogens with one attached hydrogen (secondary N) is 2. The lowest BCUT2D eigenvalue weighted by Crippen LogP contribution is -2.56. The minimum atomic E-state index is -1.55. The number of aliphatic imine (C=N–C) groups is 2. The summed E-state index contributed by atoms with van der Waals surface area (Å²) < 4.78 is 27.8. The molecule has 0 bridgehead atoms. The Bertz CT molecular complexity index is 3970. The summed E-state index contributed by atoms with van der Waals surface area (Å²) in [5, 5.41) is 82.3. The molecule has 6 aromatic heterocycles. The lowest BCUT2D eigenvalue weighted by molar-refractivity contribution is -0.125. The summed E-state index contributed by atoms with van der Waals surface area (Å²) in [5.41, 5.74) is 13.0. The van der Waals surface area contributed by atoms with Gasteiger partial charge in [-0.15, -0.1) is 45.4 Å². The van der Waals surface area contributed by atoms with E-state index in [1.54, 1.807) is 14.0 Å². The van der Waals surface area contributed by atoms with Gasteiger partial charge in [0.05, 0.1) is 75.8 Å². The maximum atomic E-state index is 11.9. The summed E-state index contributed by atoms with van der Waals surface area (Å²) in [6.07, 6.45) is 28.6. The summed E-state index contributed by atoms with van der Waals surface area (Å²) in [6, 6.07) is -0.761. The molecule has 0 aromatic carbocycles. The average molecular weight is 1230 g/mol. The fourth-order valence-corrected chi connectivity index (χ4v) is 11.3. The lowest BCUT2D eigenvalue weighted by atomic mass is 9.89. The van der Waals surface area contributed by atoms with Crippen molar-refractivity contribution in [2.45, 2.75) is 97.3 Å². The van der Waals surface area contributed by atoms with E-state index in [1.165, 1.54) is 67.1 Å². The minimum absolute atomic E-state index is 0.0224. The molecular formula is C56H63N19O14. The van der Waals surface area contributed by atoms with Crippen molar-refractivity contribution in [2.24, 2.45) is 39.4 Å². The van der Waals surface area contributed by atoms with Crippen LogP contribution in [0, 0.1) is 73.0 Å². The molecule has 33 nitrogen and oxygen atoms in total. The number of rotatable bonds is 12. The van der Waals surface area contributed by atoms with Crippen LogP contribution in [0.3, 0.4) is 0 Å². The van der Waals surface area contributed by atoms with Crippen molar-refractivity contribution in [3.05, 3.63) is 86.3 Å². The number of nitrogens with two attached hydrogens (primary N) is 3. The molecule has 466 valence electrons. The summed E-state index contributed by atoms with van der Waals surface area (Å²) in [7, 11) is 0. The zero-order valence-electron chi connectivity index (χ0n) is 47.3. The van der Waals surface area contributed by atoms with Crippen molar-refractivity contribution in [3.8, 4) is 49.4 Å². The number of aromatic nitrogens is 12. The van der Waals surface area contributed by atoms with Crippen LogP contribution in [0.5, 0.6) is 0 Å². The Morgan fingerprint density at radius 2 is 1.00 bits per heavy atom. The normalized spacial score (nSPS) is 34.1. The highest BCUT2D eigenvalue weighted by Crippen LogP contribution is 2.46. The van der Waals surface area contributed by atoms with Crippen molar-refractivity contribution in [1.82, 2.24) is 68.8 Å². The Kier molecular flexibility index (Phi) is 18.2. The van der Waals surface area contributed by atoms with Gasteiger partial charge in [-0.25, -0.2) is 44.9 Å². The van der Waals surface area contributed by atoms with Crippen LogP contribution in [0.1, 0.15) is 32.0 Å². The molecular weight excluding hydrogens is 1160 g/mol. The summed E-state index contributed by atoms with van der Waals surface area (Å²) in [6.45, 7) is 10.9. The van der Waals surface area contributed by atoms with Crippen LogP contribution in [-0.4, -0.2) is 214 Å². The number of aromatic amines is 1. The zero-order valence-corrected chi connectivity index (χ0v) is 47.3. The van der Waals surface area contributed by atoms with Gasteiger partial charge in [0.25, 0.3) is 11.5 Å². The number of ether oxygens (including phenoxy) is 4. The molecule has 0 spiro atoms. The van der Waals surface area contributed by atoms with Gasteiger partial charge in [-0.2, -0.15) is 0 Å². The number of aliphatic hydroxyl groups excluding tert-OH is 8. The number of nitrogen functional groups attached to an aromatic ring is 2. The second kappa shape index (κ2) is 25.3. The van der Waals surface area contributed by atoms with Crippen molar-refractivity contribution in [2.75, 3.05) is 37.9 Å². The highest BCUT2D eigenvalue weighted by molar-refractivity contribution is 6.02. The maximum Gasteiger partial charge on any atom is 0.278 e. The van der Waals surface area contributed by atoms with E-state index < -0.39 is 128 Å². The monoisotopic (exact) mass is 1230 g/mol. The van der Waals surface area contributed by atoms with Crippen molar-refractivity contribution in [3.63, 3.8) is 0 Å². The van der Waals surface area contributed by atoms with E-state index in [1.807, 2.05) is 6.92 Å². The number of guanidine groups is 1. The van der Waals surface area contributed by atoms with Gasteiger partial charge in [0.2, 0.25) is 0 Å². The second-order valence-corrected chi connectivity index (χ2v) is 20.9. The summed E-state index contributed by atoms with van der Waals surface area (Å²) in [4.78, 5) is 68.4. The van der Waals surface area contributed by atoms with E-state index in [2.05, 4.69) is 104 Å². The smallest absolute Gasteiger partial charge is 0.278 e. The number of H-pyrrole nitrogens is 1. The standard InChI is InChI=1S/C14H17N5O4.C14H17N5O3.C14H15N5O3.C14H14N4O4/c1-3-7-9(21)14(4-2,5-20)23-12(7)19-6-16-8-10(19)17-13(15)18-11(8)22;2*1-3-8-10(21)14(4-2,5-20)22-13(8)19-7-18-9-11(15)16-6-17-12(9)19;1-3-8-10(20)14(4-2,5-19)22-13(8)18-7-17-9-11(18)15-6-16-12(9)21/h2-3,6-10,12,20-21H,1,5H2,(H3,15,17,18,22);2,6-8,10,13,20-21H,3,5H2,1H3,(H2,15,16,17);2-3,6-8,10,13,20-21H,1,5H2,(H2,15,16,17);2-3,6-8,10,13,19-20H,1,5H2,(H,15,16,21)/t7-,8?,9-,10?,12+,14+;3*8-,10-,13+,14+/m0000/s1. The maximum absolute atomic E-state index is 11.9. The first kappa shape index (κ1) is 63.9. The zero-order chi connectivity index (χ0) is 64.5. The molecule has 16 N–H and O–H groups in total. The predicted octanol–water partition coefficient (Wildman–Crippen LogP) is -4.32.